The number of hydrogen-bond donors (Lipinski definition) is 0. The fourth-order valence-corrected chi connectivity index (χ4v) is 5.32. The average molecular weight is 367 g/mol. The van der Waals surface area contributed by atoms with E-state index in [1.54, 1.807) is 6.26 Å². The molecule has 0 aliphatic carbocycles. The summed E-state index contributed by atoms with van der Waals surface area (Å²) in [7, 11) is 0. The molecule has 0 aromatic carbocycles. The van der Waals surface area contributed by atoms with E-state index in [-0.39, 0.29) is 5.56 Å². The fraction of sp³-hybridized carbons (Fsp3) is 0.591. The second kappa shape index (κ2) is 7.28. The Morgan fingerprint density at radius 2 is 1.85 bits per heavy atom. The normalized spacial score (nSPS) is 26.1. The van der Waals surface area contributed by atoms with Gasteiger partial charge in [-0.1, -0.05) is 12.5 Å². The summed E-state index contributed by atoms with van der Waals surface area (Å²) >= 11 is 0. The van der Waals surface area contributed by atoms with Crippen molar-refractivity contribution in [3.63, 3.8) is 0 Å². The van der Waals surface area contributed by atoms with E-state index >= 15 is 0 Å². The Balaban J connectivity index is 1.35. The van der Waals surface area contributed by atoms with Crippen LogP contribution in [0.25, 0.3) is 0 Å². The average Bonchev–Trinajstić information content (AvgIpc) is 3.18. The van der Waals surface area contributed by atoms with Crippen LogP contribution in [0.15, 0.2) is 39.7 Å². The number of nitrogens with zero attached hydrogens (tertiary/aromatic N) is 3. The number of fused-ring (bicyclic) bond motifs is 4. The molecule has 0 saturated carbocycles. The first-order chi connectivity index (χ1) is 13.3. The van der Waals surface area contributed by atoms with Gasteiger partial charge in [0.05, 0.1) is 12.8 Å². The number of likely N-dealkylation sites (tertiary alicyclic amines) is 2. The van der Waals surface area contributed by atoms with Gasteiger partial charge in [-0.2, -0.15) is 0 Å². The van der Waals surface area contributed by atoms with Gasteiger partial charge in [-0.15, -0.1) is 0 Å². The van der Waals surface area contributed by atoms with Crippen LogP contribution in [0.5, 0.6) is 0 Å². The summed E-state index contributed by atoms with van der Waals surface area (Å²) in [5.41, 5.74) is 2.48. The van der Waals surface area contributed by atoms with E-state index in [2.05, 4.69) is 32.6 Å². The number of aromatic nitrogens is 1. The van der Waals surface area contributed by atoms with Gasteiger partial charge in [0.1, 0.15) is 5.76 Å². The lowest BCUT2D eigenvalue weighted by molar-refractivity contribution is 0.107. The van der Waals surface area contributed by atoms with E-state index in [0.29, 0.717) is 11.8 Å². The molecule has 0 N–H and O–H groups in total. The number of hydrogen-bond acceptors (Lipinski definition) is 4. The lowest BCUT2D eigenvalue weighted by atomic mass is 9.83. The topological polar surface area (TPSA) is 41.6 Å². The molecule has 3 aliphatic heterocycles. The van der Waals surface area contributed by atoms with Gasteiger partial charge in [0.25, 0.3) is 5.56 Å². The second-order valence-corrected chi connectivity index (χ2v) is 8.61. The third-order valence-electron chi connectivity index (χ3n) is 6.56. The lowest BCUT2D eigenvalue weighted by Crippen LogP contribution is -2.47. The van der Waals surface area contributed by atoms with Gasteiger partial charge < -0.3 is 8.98 Å². The van der Waals surface area contributed by atoms with Crippen molar-refractivity contribution < 1.29 is 4.42 Å². The Kier molecular flexibility index (Phi) is 4.66. The van der Waals surface area contributed by atoms with E-state index < -0.39 is 0 Å². The molecule has 0 unspecified atom stereocenters. The van der Waals surface area contributed by atoms with Gasteiger partial charge in [-0.25, -0.2) is 0 Å². The number of pyridine rings is 1. The summed E-state index contributed by atoms with van der Waals surface area (Å²) in [5.74, 6) is 2.06. The highest BCUT2D eigenvalue weighted by Crippen LogP contribution is 2.35. The van der Waals surface area contributed by atoms with Crippen LogP contribution in [-0.2, 0) is 19.6 Å². The Labute approximate surface area is 160 Å². The smallest absolute Gasteiger partial charge is 0.255 e. The van der Waals surface area contributed by atoms with Crippen LogP contribution in [-0.4, -0.2) is 40.5 Å². The van der Waals surface area contributed by atoms with Crippen LogP contribution in [0, 0.1) is 5.92 Å². The van der Waals surface area contributed by atoms with Crippen LogP contribution in [0.1, 0.15) is 48.6 Å². The van der Waals surface area contributed by atoms with Crippen molar-refractivity contribution in [2.24, 2.45) is 5.92 Å². The highest BCUT2D eigenvalue weighted by molar-refractivity contribution is 5.22. The molecule has 5 rings (SSSR count). The molecule has 5 heteroatoms. The maximum atomic E-state index is 13.2. The molecule has 0 radical (unpaired) electrons. The Morgan fingerprint density at radius 3 is 2.67 bits per heavy atom. The molecular weight excluding hydrogens is 338 g/mol. The lowest BCUT2D eigenvalue weighted by Gasteiger charge is -2.42. The molecule has 2 atom stereocenters. The first kappa shape index (κ1) is 17.3. The molecule has 3 aliphatic rings. The Hall–Kier alpha value is -1.85. The SMILES string of the molecule is O=c1c(CN2CCCCC2)ccc2n1C[C@H]1C[C@@H]2CN(Cc2ccco2)C1. The van der Waals surface area contributed by atoms with Crippen LogP contribution < -0.4 is 5.56 Å². The molecule has 0 spiro atoms. The molecule has 2 fully saturated rings. The zero-order valence-electron chi connectivity index (χ0n) is 16.0. The van der Waals surface area contributed by atoms with Gasteiger partial charge in [0.2, 0.25) is 0 Å². The Morgan fingerprint density at radius 1 is 0.963 bits per heavy atom. The summed E-state index contributed by atoms with van der Waals surface area (Å²) in [6.45, 7) is 6.90. The maximum absolute atomic E-state index is 13.2. The first-order valence-corrected chi connectivity index (χ1v) is 10.5. The van der Waals surface area contributed by atoms with E-state index in [1.165, 1.54) is 31.4 Å². The molecule has 27 heavy (non-hydrogen) atoms. The summed E-state index contributed by atoms with van der Waals surface area (Å²) in [6.07, 6.45) is 6.82. The summed E-state index contributed by atoms with van der Waals surface area (Å²) in [6, 6.07) is 8.35. The van der Waals surface area contributed by atoms with Crippen LogP contribution in [0.3, 0.4) is 0 Å². The molecule has 2 bridgehead atoms. The number of piperidine rings is 2. The van der Waals surface area contributed by atoms with Crippen LogP contribution in [0.4, 0.5) is 0 Å². The van der Waals surface area contributed by atoms with Crippen molar-refractivity contribution in [2.75, 3.05) is 26.2 Å². The Bertz CT molecular complexity index is 836. The predicted octanol–water partition coefficient (Wildman–Crippen LogP) is 3.05. The summed E-state index contributed by atoms with van der Waals surface area (Å²) < 4.78 is 7.63. The van der Waals surface area contributed by atoms with Crippen molar-refractivity contribution >= 4 is 0 Å². The largest absolute Gasteiger partial charge is 0.468 e. The molecule has 5 nitrogen and oxygen atoms in total. The molecule has 5 heterocycles. The minimum absolute atomic E-state index is 0.257. The molecule has 2 aromatic heterocycles. The molecule has 2 aromatic rings. The quantitative estimate of drug-likeness (QED) is 0.833. The standard InChI is InChI=1S/C22H29N3O2/c26-22-18(14-23-8-2-1-3-9-23)6-7-21-19-11-17(13-25(21)22)12-24(15-19)16-20-5-4-10-27-20/h4-7,10,17,19H,1-3,8-9,11-16H2/t17-,19+/m0/s1. The van der Waals surface area contributed by atoms with E-state index in [0.717, 1.165) is 57.1 Å². The molecule has 144 valence electrons. The minimum Gasteiger partial charge on any atom is -0.468 e. The maximum Gasteiger partial charge on any atom is 0.255 e. The third kappa shape index (κ3) is 3.50. The molecule has 0 amide bonds. The number of rotatable bonds is 4. The zero-order chi connectivity index (χ0) is 18.2. The van der Waals surface area contributed by atoms with E-state index in [9.17, 15) is 4.79 Å². The third-order valence-corrected chi connectivity index (χ3v) is 6.56. The van der Waals surface area contributed by atoms with E-state index in [1.807, 2.05) is 6.07 Å². The van der Waals surface area contributed by atoms with Gasteiger partial charge in [-0.05, 0) is 56.5 Å². The predicted molar refractivity (Wildman–Crippen MR) is 105 cm³/mol. The highest BCUT2D eigenvalue weighted by Gasteiger charge is 2.35. The van der Waals surface area contributed by atoms with Gasteiger partial charge in [0, 0.05) is 43.4 Å². The van der Waals surface area contributed by atoms with Crippen molar-refractivity contribution in [1.82, 2.24) is 14.4 Å². The van der Waals surface area contributed by atoms with Gasteiger partial charge in [-0.3, -0.25) is 14.6 Å². The van der Waals surface area contributed by atoms with Crippen molar-refractivity contribution in [2.45, 2.75) is 51.2 Å². The van der Waals surface area contributed by atoms with Crippen molar-refractivity contribution in [3.05, 3.63) is 57.9 Å². The fourth-order valence-electron chi connectivity index (χ4n) is 5.32. The van der Waals surface area contributed by atoms with Gasteiger partial charge >= 0.3 is 0 Å². The van der Waals surface area contributed by atoms with E-state index in [4.69, 9.17) is 4.42 Å². The van der Waals surface area contributed by atoms with Gasteiger partial charge in [0.15, 0.2) is 0 Å². The summed E-state index contributed by atoms with van der Waals surface area (Å²) in [4.78, 5) is 18.1. The highest BCUT2D eigenvalue weighted by atomic mass is 16.3. The van der Waals surface area contributed by atoms with Crippen molar-refractivity contribution in [1.29, 1.82) is 0 Å². The number of furan rings is 1. The monoisotopic (exact) mass is 367 g/mol. The zero-order valence-corrected chi connectivity index (χ0v) is 16.0. The molecular formula is C22H29N3O2. The minimum atomic E-state index is 0.257. The van der Waals surface area contributed by atoms with Crippen LogP contribution in [0.2, 0.25) is 0 Å². The van der Waals surface area contributed by atoms with Crippen LogP contribution >= 0.6 is 0 Å². The first-order valence-electron chi connectivity index (χ1n) is 10.5. The molecule has 2 saturated heterocycles. The summed E-state index contributed by atoms with van der Waals surface area (Å²) in [5, 5.41) is 0. The van der Waals surface area contributed by atoms with Crippen molar-refractivity contribution in [3.8, 4) is 0 Å². The second-order valence-electron chi connectivity index (χ2n) is 8.61.